The average Bonchev–Trinajstić information content (AvgIpc) is 3.33. The first-order valence-corrected chi connectivity index (χ1v) is 11.0. The highest BCUT2D eigenvalue weighted by Crippen LogP contribution is 2.27. The Kier molecular flexibility index (Phi) is 6.03. The molecule has 0 N–H and O–H groups in total. The quantitative estimate of drug-likeness (QED) is 0.715. The topological polar surface area (TPSA) is 103 Å². The molecule has 10 nitrogen and oxygen atoms in total. The molecule has 1 unspecified atom stereocenters. The third kappa shape index (κ3) is 5.00. The molecule has 172 valence electrons. The van der Waals surface area contributed by atoms with Crippen LogP contribution in [-0.4, -0.2) is 79.4 Å². The van der Waals surface area contributed by atoms with Gasteiger partial charge in [-0.05, 0) is 63.1 Å². The predicted molar refractivity (Wildman–Crippen MR) is 116 cm³/mol. The van der Waals surface area contributed by atoms with Crippen molar-refractivity contribution in [3.8, 4) is 17.1 Å². The number of rotatable bonds is 4. The lowest BCUT2D eigenvalue weighted by Gasteiger charge is -2.37. The largest absolute Gasteiger partial charge is 0.481 e. The summed E-state index contributed by atoms with van der Waals surface area (Å²) < 4.78 is 11.4. The first kappa shape index (κ1) is 22.0. The first-order chi connectivity index (χ1) is 15.2. The second kappa shape index (κ2) is 8.76. The molecule has 2 aromatic rings. The van der Waals surface area contributed by atoms with E-state index in [9.17, 15) is 9.59 Å². The fraction of sp³-hybridized carbons (Fsp3) is 0.591. The van der Waals surface area contributed by atoms with Gasteiger partial charge in [-0.2, -0.15) is 4.80 Å². The van der Waals surface area contributed by atoms with Crippen LogP contribution in [0.5, 0.6) is 5.75 Å². The van der Waals surface area contributed by atoms with Crippen LogP contribution in [-0.2, 0) is 16.6 Å². The summed E-state index contributed by atoms with van der Waals surface area (Å²) in [6, 6.07) is 7.48. The van der Waals surface area contributed by atoms with Crippen LogP contribution in [0.1, 0.15) is 40.0 Å². The van der Waals surface area contributed by atoms with E-state index in [1.165, 1.54) is 4.80 Å². The maximum absolute atomic E-state index is 13.0. The van der Waals surface area contributed by atoms with Crippen LogP contribution in [0, 0.1) is 0 Å². The van der Waals surface area contributed by atoms with Gasteiger partial charge in [0.15, 0.2) is 6.10 Å². The van der Waals surface area contributed by atoms with E-state index in [2.05, 4.69) is 15.4 Å². The Morgan fingerprint density at radius 3 is 2.34 bits per heavy atom. The smallest absolute Gasteiger partial charge is 0.410 e. The zero-order valence-corrected chi connectivity index (χ0v) is 19.0. The van der Waals surface area contributed by atoms with Crippen LogP contribution in [0.15, 0.2) is 24.3 Å². The number of ether oxygens (including phenoxy) is 2. The van der Waals surface area contributed by atoms with Crippen LogP contribution in [0.3, 0.4) is 0 Å². The summed E-state index contributed by atoms with van der Waals surface area (Å²) in [5.41, 5.74) is 0.327. The number of carbonyl (C=O) groups is 2. The molecule has 2 aliphatic heterocycles. The van der Waals surface area contributed by atoms with Crippen LogP contribution < -0.4 is 4.74 Å². The number of likely N-dealkylation sites (tertiary alicyclic amines) is 2. The Labute approximate surface area is 187 Å². The van der Waals surface area contributed by atoms with E-state index >= 15 is 0 Å². The summed E-state index contributed by atoms with van der Waals surface area (Å²) in [5.74, 6) is 1.19. The molecule has 0 saturated carbocycles. The van der Waals surface area contributed by atoms with E-state index in [1.807, 2.05) is 49.9 Å². The Hall–Kier alpha value is -3.17. The number of amides is 2. The molecule has 2 amide bonds. The molecule has 2 saturated heterocycles. The number of aromatic nitrogens is 4. The summed E-state index contributed by atoms with van der Waals surface area (Å²) in [7, 11) is 1.72. The lowest BCUT2D eigenvalue weighted by atomic mass is 10.0. The van der Waals surface area contributed by atoms with E-state index in [0.717, 1.165) is 18.4 Å². The van der Waals surface area contributed by atoms with Crippen molar-refractivity contribution in [2.45, 2.75) is 57.8 Å². The Balaban J connectivity index is 1.29. The molecular weight excluding hydrogens is 412 g/mol. The van der Waals surface area contributed by atoms with Crippen molar-refractivity contribution in [1.29, 1.82) is 0 Å². The number of piperidine rings is 1. The molecule has 1 aromatic heterocycles. The SMILES string of the molecule is Cn1nnc(-c2ccc(OC3CCN(C4CCN(C(=O)OC(C)(C)C)CC4)C3=O)cc2)n1. The van der Waals surface area contributed by atoms with Gasteiger partial charge in [0.25, 0.3) is 5.91 Å². The predicted octanol–water partition coefficient (Wildman–Crippen LogP) is 2.26. The molecule has 0 radical (unpaired) electrons. The minimum absolute atomic E-state index is 0.0142. The average molecular weight is 443 g/mol. The number of benzene rings is 1. The van der Waals surface area contributed by atoms with Gasteiger partial charge in [0, 0.05) is 37.7 Å². The van der Waals surface area contributed by atoms with Gasteiger partial charge in [0.05, 0.1) is 7.05 Å². The molecule has 2 aliphatic rings. The van der Waals surface area contributed by atoms with Crippen molar-refractivity contribution in [1.82, 2.24) is 30.0 Å². The maximum atomic E-state index is 13.0. The number of tetrazole rings is 1. The molecular formula is C22H30N6O4. The van der Waals surface area contributed by atoms with Crippen LogP contribution in [0.2, 0.25) is 0 Å². The summed E-state index contributed by atoms with van der Waals surface area (Å²) in [6.07, 6.45) is 1.37. The molecule has 0 spiro atoms. The lowest BCUT2D eigenvalue weighted by Crippen LogP contribution is -2.49. The van der Waals surface area contributed by atoms with Gasteiger partial charge in [-0.1, -0.05) is 0 Å². The number of hydrogen-bond acceptors (Lipinski definition) is 7. The van der Waals surface area contributed by atoms with E-state index < -0.39 is 11.7 Å². The van der Waals surface area contributed by atoms with Gasteiger partial charge >= 0.3 is 6.09 Å². The Bertz CT molecular complexity index is 960. The summed E-state index contributed by atoms with van der Waals surface area (Å²) in [6.45, 7) is 7.43. The third-order valence-electron chi connectivity index (χ3n) is 5.65. The minimum atomic E-state index is -0.507. The van der Waals surface area contributed by atoms with Crippen LogP contribution >= 0.6 is 0 Å². The van der Waals surface area contributed by atoms with Crippen molar-refractivity contribution in [2.24, 2.45) is 7.05 Å². The highest BCUT2D eigenvalue weighted by Gasteiger charge is 2.39. The maximum Gasteiger partial charge on any atom is 0.410 e. The van der Waals surface area contributed by atoms with Crippen molar-refractivity contribution in [3.05, 3.63) is 24.3 Å². The zero-order chi connectivity index (χ0) is 22.9. The summed E-state index contributed by atoms with van der Waals surface area (Å²) >= 11 is 0. The Morgan fingerprint density at radius 1 is 1.06 bits per heavy atom. The number of nitrogens with zero attached hydrogens (tertiary/aromatic N) is 6. The monoisotopic (exact) mass is 442 g/mol. The third-order valence-corrected chi connectivity index (χ3v) is 5.65. The van der Waals surface area contributed by atoms with E-state index in [1.54, 1.807) is 11.9 Å². The van der Waals surface area contributed by atoms with Gasteiger partial charge in [-0.15, -0.1) is 10.2 Å². The Morgan fingerprint density at radius 2 is 1.75 bits per heavy atom. The number of carbonyl (C=O) groups excluding carboxylic acids is 2. The van der Waals surface area contributed by atoms with Crippen LogP contribution in [0.4, 0.5) is 4.79 Å². The first-order valence-electron chi connectivity index (χ1n) is 11.0. The van der Waals surface area contributed by atoms with Crippen molar-refractivity contribution in [2.75, 3.05) is 19.6 Å². The van der Waals surface area contributed by atoms with Crippen molar-refractivity contribution in [3.63, 3.8) is 0 Å². The van der Waals surface area contributed by atoms with E-state index in [4.69, 9.17) is 9.47 Å². The van der Waals surface area contributed by atoms with Crippen molar-refractivity contribution < 1.29 is 19.1 Å². The van der Waals surface area contributed by atoms with E-state index in [0.29, 0.717) is 37.6 Å². The van der Waals surface area contributed by atoms with Crippen molar-refractivity contribution >= 4 is 12.0 Å². The molecule has 1 atom stereocenters. The second-order valence-corrected chi connectivity index (χ2v) is 9.25. The highest BCUT2D eigenvalue weighted by atomic mass is 16.6. The van der Waals surface area contributed by atoms with Gasteiger partial charge in [-0.25, -0.2) is 4.79 Å². The number of hydrogen-bond donors (Lipinski definition) is 0. The molecule has 4 rings (SSSR count). The van der Waals surface area contributed by atoms with Gasteiger partial charge in [-0.3, -0.25) is 4.79 Å². The minimum Gasteiger partial charge on any atom is -0.481 e. The second-order valence-electron chi connectivity index (χ2n) is 9.25. The number of aryl methyl sites for hydroxylation is 1. The van der Waals surface area contributed by atoms with Gasteiger partial charge in [0.1, 0.15) is 11.4 Å². The summed E-state index contributed by atoms with van der Waals surface area (Å²) in [4.78, 5) is 30.3. The fourth-order valence-corrected chi connectivity index (χ4v) is 4.08. The van der Waals surface area contributed by atoms with E-state index in [-0.39, 0.29) is 18.0 Å². The molecule has 0 aliphatic carbocycles. The molecule has 0 bridgehead atoms. The van der Waals surface area contributed by atoms with Crippen LogP contribution in [0.25, 0.3) is 11.4 Å². The molecule has 1 aromatic carbocycles. The lowest BCUT2D eigenvalue weighted by molar-refractivity contribution is -0.136. The molecule has 32 heavy (non-hydrogen) atoms. The fourth-order valence-electron chi connectivity index (χ4n) is 4.08. The molecule has 10 heteroatoms. The molecule has 2 fully saturated rings. The highest BCUT2D eigenvalue weighted by molar-refractivity contribution is 5.83. The normalized spacial score (nSPS) is 20.0. The zero-order valence-electron chi connectivity index (χ0n) is 19.0. The molecule has 3 heterocycles. The van der Waals surface area contributed by atoms with Gasteiger partial charge in [0.2, 0.25) is 5.82 Å². The standard InChI is InChI=1S/C22H30N6O4/c1-22(2,3)32-21(30)27-12-9-16(10-13-27)28-14-11-18(20(28)29)31-17-7-5-15(6-8-17)19-23-25-26(4)24-19/h5-8,16,18H,9-14H2,1-4H3. The summed E-state index contributed by atoms with van der Waals surface area (Å²) in [5, 5.41) is 12.0. The van der Waals surface area contributed by atoms with Gasteiger partial charge < -0.3 is 19.3 Å².